The Morgan fingerprint density at radius 3 is 2.74 bits per heavy atom. The Bertz CT molecular complexity index is 463. The molecule has 0 bridgehead atoms. The van der Waals surface area contributed by atoms with Gasteiger partial charge >= 0.3 is 5.97 Å². The second kappa shape index (κ2) is 5.70. The summed E-state index contributed by atoms with van der Waals surface area (Å²) in [6, 6.07) is 6.62. The van der Waals surface area contributed by atoms with Crippen molar-refractivity contribution in [1.29, 1.82) is 0 Å². The van der Waals surface area contributed by atoms with E-state index in [0.717, 1.165) is 6.54 Å². The van der Waals surface area contributed by atoms with E-state index in [1.807, 2.05) is 13.0 Å². The van der Waals surface area contributed by atoms with Gasteiger partial charge in [0.25, 0.3) is 0 Å². The van der Waals surface area contributed by atoms with Crippen LogP contribution in [0.2, 0.25) is 0 Å². The molecule has 0 aromatic heterocycles. The van der Waals surface area contributed by atoms with E-state index >= 15 is 0 Å². The second-order valence-corrected chi connectivity index (χ2v) is 5.53. The largest absolute Gasteiger partial charge is 0.481 e. The number of halogens is 1. The van der Waals surface area contributed by atoms with Crippen LogP contribution >= 0.6 is 0 Å². The van der Waals surface area contributed by atoms with Crippen LogP contribution in [0.15, 0.2) is 24.3 Å². The third kappa shape index (κ3) is 3.13. The molecule has 0 radical (unpaired) electrons. The topological polar surface area (TPSA) is 40.5 Å². The maximum absolute atomic E-state index is 13.8. The van der Waals surface area contributed by atoms with Gasteiger partial charge in [-0.05, 0) is 25.3 Å². The van der Waals surface area contributed by atoms with Crippen LogP contribution in [0.3, 0.4) is 0 Å². The van der Waals surface area contributed by atoms with Gasteiger partial charge in [0.1, 0.15) is 5.82 Å². The summed E-state index contributed by atoms with van der Waals surface area (Å²) >= 11 is 0. The number of piperidine rings is 1. The van der Waals surface area contributed by atoms with Crippen molar-refractivity contribution < 1.29 is 14.3 Å². The Balaban J connectivity index is 2.16. The van der Waals surface area contributed by atoms with Crippen molar-refractivity contribution >= 4 is 5.97 Å². The van der Waals surface area contributed by atoms with E-state index in [2.05, 4.69) is 11.8 Å². The van der Waals surface area contributed by atoms with Crippen LogP contribution in [-0.2, 0) is 4.79 Å². The van der Waals surface area contributed by atoms with Crippen molar-refractivity contribution in [3.63, 3.8) is 0 Å². The zero-order chi connectivity index (χ0) is 14.0. The smallest absolute Gasteiger partial charge is 0.307 e. The highest BCUT2D eigenvalue weighted by Crippen LogP contribution is 2.30. The van der Waals surface area contributed by atoms with Crippen LogP contribution in [0.4, 0.5) is 4.39 Å². The van der Waals surface area contributed by atoms with E-state index in [0.29, 0.717) is 24.4 Å². The molecule has 4 heteroatoms. The van der Waals surface area contributed by atoms with Crippen LogP contribution in [0.25, 0.3) is 0 Å². The van der Waals surface area contributed by atoms with Gasteiger partial charge in [0, 0.05) is 24.7 Å². The van der Waals surface area contributed by atoms with Gasteiger partial charge in [-0.25, -0.2) is 4.39 Å². The summed E-state index contributed by atoms with van der Waals surface area (Å²) in [4.78, 5) is 13.2. The Morgan fingerprint density at radius 1 is 1.42 bits per heavy atom. The van der Waals surface area contributed by atoms with Gasteiger partial charge in [-0.1, -0.05) is 25.1 Å². The second-order valence-electron chi connectivity index (χ2n) is 5.53. The van der Waals surface area contributed by atoms with Gasteiger partial charge in [-0.15, -0.1) is 0 Å². The number of hydrogen-bond acceptors (Lipinski definition) is 2. The minimum Gasteiger partial charge on any atom is -0.481 e. The minimum atomic E-state index is -0.753. The third-order valence-electron chi connectivity index (χ3n) is 3.94. The molecule has 0 spiro atoms. The molecule has 1 N–H and O–H groups in total. The van der Waals surface area contributed by atoms with Gasteiger partial charge in [0.05, 0.1) is 5.92 Å². The molecule has 19 heavy (non-hydrogen) atoms. The lowest BCUT2D eigenvalue weighted by molar-refractivity contribution is -0.144. The summed E-state index contributed by atoms with van der Waals surface area (Å²) in [7, 11) is 0. The van der Waals surface area contributed by atoms with Crippen LogP contribution < -0.4 is 0 Å². The van der Waals surface area contributed by atoms with Gasteiger partial charge in [-0.3, -0.25) is 9.69 Å². The monoisotopic (exact) mass is 265 g/mol. The number of carboxylic acids is 1. The summed E-state index contributed by atoms with van der Waals surface area (Å²) in [6.45, 7) is 5.31. The molecule has 0 aliphatic carbocycles. The van der Waals surface area contributed by atoms with Gasteiger partial charge in [0.2, 0.25) is 0 Å². The number of benzene rings is 1. The molecule has 104 valence electrons. The van der Waals surface area contributed by atoms with Crippen LogP contribution in [0.5, 0.6) is 0 Å². The molecule has 1 fully saturated rings. The number of nitrogens with zero attached hydrogens (tertiary/aromatic N) is 1. The zero-order valence-corrected chi connectivity index (χ0v) is 11.3. The zero-order valence-electron chi connectivity index (χ0n) is 11.3. The Hall–Kier alpha value is -1.42. The van der Waals surface area contributed by atoms with Crippen molar-refractivity contribution in [2.24, 2.45) is 11.8 Å². The lowest BCUT2D eigenvalue weighted by atomic mass is 9.89. The van der Waals surface area contributed by atoms with Crippen molar-refractivity contribution in [1.82, 2.24) is 4.90 Å². The molecule has 2 rings (SSSR count). The van der Waals surface area contributed by atoms with Crippen LogP contribution in [-0.4, -0.2) is 29.1 Å². The standard InChI is InChI=1S/C15H20FNO2/c1-10-7-12(15(18)19)9-17(8-10)11(2)13-5-3-4-6-14(13)16/h3-6,10-12H,7-9H2,1-2H3,(H,18,19). The predicted molar refractivity (Wildman–Crippen MR) is 71.3 cm³/mol. The Kier molecular flexibility index (Phi) is 4.20. The molecule has 1 aliphatic rings. The molecule has 3 atom stereocenters. The number of aliphatic carboxylic acids is 1. The lowest BCUT2D eigenvalue weighted by Gasteiger charge is -2.38. The summed E-state index contributed by atoms with van der Waals surface area (Å²) < 4.78 is 13.8. The number of hydrogen-bond donors (Lipinski definition) is 1. The highest BCUT2D eigenvalue weighted by molar-refractivity contribution is 5.70. The summed E-state index contributed by atoms with van der Waals surface area (Å²) in [5.74, 6) is -1.00. The highest BCUT2D eigenvalue weighted by Gasteiger charge is 2.32. The fourth-order valence-electron chi connectivity index (χ4n) is 2.90. The van der Waals surface area contributed by atoms with Crippen LogP contribution in [0.1, 0.15) is 31.9 Å². The molecule has 1 heterocycles. The van der Waals surface area contributed by atoms with E-state index in [4.69, 9.17) is 0 Å². The van der Waals surface area contributed by atoms with Gasteiger partial charge in [-0.2, -0.15) is 0 Å². The molecule has 3 nitrogen and oxygen atoms in total. The number of carbonyl (C=O) groups is 1. The quantitative estimate of drug-likeness (QED) is 0.913. The maximum Gasteiger partial charge on any atom is 0.307 e. The van der Waals surface area contributed by atoms with Crippen molar-refractivity contribution in [3.05, 3.63) is 35.6 Å². The first-order valence-corrected chi connectivity index (χ1v) is 6.70. The molecular formula is C15H20FNO2. The van der Waals surface area contributed by atoms with Gasteiger partial charge < -0.3 is 5.11 Å². The first-order valence-electron chi connectivity index (χ1n) is 6.70. The number of rotatable bonds is 3. The maximum atomic E-state index is 13.8. The van der Waals surface area contributed by atoms with E-state index < -0.39 is 5.97 Å². The summed E-state index contributed by atoms with van der Waals surface area (Å²) in [6.07, 6.45) is 0.704. The van der Waals surface area contributed by atoms with Crippen molar-refractivity contribution in [2.45, 2.75) is 26.3 Å². The SMILES string of the molecule is CC1CC(C(=O)O)CN(C(C)c2ccccc2F)C1. The van der Waals surface area contributed by atoms with Gasteiger partial charge in [0.15, 0.2) is 0 Å². The molecule has 1 aliphatic heterocycles. The molecule has 1 saturated heterocycles. The highest BCUT2D eigenvalue weighted by atomic mass is 19.1. The third-order valence-corrected chi connectivity index (χ3v) is 3.94. The molecule has 0 amide bonds. The lowest BCUT2D eigenvalue weighted by Crippen LogP contribution is -2.43. The minimum absolute atomic E-state index is 0.0919. The predicted octanol–water partition coefficient (Wildman–Crippen LogP) is 2.93. The first kappa shape index (κ1) is 14.0. The summed E-state index contributed by atoms with van der Waals surface area (Å²) in [5.41, 5.74) is 0.640. The van der Waals surface area contributed by atoms with Crippen LogP contribution in [0, 0.1) is 17.7 Å². The van der Waals surface area contributed by atoms with E-state index in [1.165, 1.54) is 6.07 Å². The molecule has 1 aromatic rings. The Morgan fingerprint density at radius 2 is 2.11 bits per heavy atom. The summed E-state index contributed by atoms with van der Waals surface area (Å²) in [5, 5.41) is 9.18. The average Bonchev–Trinajstić information content (AvgIpc) is 2.37. The van der Waals surface area contributed by atoms with E-state index in [1.54, 1.807) is 12.1 Å². The van der Waals surface area contributed by atoms with Crippen molar-refractivity contribution in [3.8, 4) is 0 Å². The number of likely N-dealkylation sites (tertiary alicyclic amines) is 1. The Labute approximate surface area is 113 Å². The number of carboxylic acid groups (broad SMARTS) is 1. The molecule has 0 saturated carbocycles. The van der Waals surface area contributed by atoms with Crippen molar-refractivity contribution in [2.75, 3.05) is 13.1 Å². The van der Waals surface area contributed by atoms with E-state index in [-0.39, 0.29) is 17.8 Å². The average molecular weight is 265 g/mol. The van der Waals surface area contributed by atoms with E-state index in [9.17, 15) is 14.3 Å². The molecular weight excluding hydrogens is 245 g/mol. The fourth-order valence-corrected chi connectivity index (χ4v) is 2.90. The molecule has 3 unspecified atom stereocenters. The normalized spacial score (nSPS) is 26.1. The molecule has 1 aromatic carbocycles. The fraction of sp³-hybridized carbons (Fsp3) is 0.533. The first-order chi connectivity index (χ1) is 8.99.